The first-order chi connectivity index (χ1) is 13.9. The van der Waals surface area contributed by atoms with Crippen molar-refractivity contribution in [3.8, 4) is 0 Å². The molecule has 0 bridgehead atoms. The first-order valence-electron chi connectivity index (χ1n) is 10.5. The molecule has 1 aliphatic rings. The van der Waals surface area contributed by atoms with E-state index >= 15 is 0 Å². The molecule has 0 radical (unpaired) electrons. The summed E-state index contributed by atoms with van der Waals surface area (Å²) in [6.45, 7) is 20.2. The Balaban J connectivity index is 2.74. The zero-order valence-electron chi connectivity index (χ0n) is 19.9. The maximum Gasteiger partial charge on any atom is 0.300 e. The molecule has 1 rings (SSSR count). The molecule has 1 heterocycles. The summed E-state index contributed by atoms with van der Waals surface area (Å²) in [7, 11) is -18.1. The third-order valence-corrected chi connectivity index (χ3v) is 34.5. The fourth-order valence-electron chi connectivity index (χ4n) is 3.02. The summed E-state index contributed by atoms with van der Waals surface area (Å²) >= 11 is 0. The summed E-state index contributed by atoms with van der Waals surface area (Å²) in [5.74, 6) is 0. The normalized spacial score (nSPS) is 45.0. The standard InChI is InChI=1S/C10H40O10Si10/c1-21-11-22(2)13-24(4)15-26(6)17-28(8)19-30(10)20-29(9)18-27(7)16-25(5)14-23(3)12-21/h21-30H,1-10H3. The second kappa shape index (κ2) is 15.6. The van der Waals surface area contributed by atoms with Gasteiger partial charge in [-0.15, -0.1) is 0 Å². The van der Waals surface area contributed by atoms with Gasteiger partial charge in [0.05, 0.1) is 0 Å². The van der Waals surface area contributed by atoms with Crippen molar-refractivity contribution in [3.05, 3.63) is 0 Å². The van der Waals surface area contributed by atoms with Crippen LogP contribution in [0.1, 0.15) is 0 Å². The Morgan fingerprint density at radius 2 is 0.267 bits per heavy atom. The molecule has 0 aromatic heterocycles. The van der Waals surface area contributed by atoms with Gasteiger partial charge in [0.1, 0.15) is 0 Å². The lowest BCUT2D eigenvalue weighted by Gasteiger charge is -2.28. The highest BCUT2D eigenvalue weighted by Crippen LogP contribution is 2.08. The molecular weight excluding hydrogens is 561 g/mol. The summed E-state index contributed by atoms with van der Waals surface area (Å²) in [4.78, 5) is 0. The van der Waals surface area contributed by atoms with Crippen LogP contribution < -0.4 is 0 Å². The van der Waals surface area contributed by atoms with E-state index in [1.807, 2.05) is 65.5 Å². The van der Waals surface area contributed by atoms with Gasteiger partial charge in [0.15, 0.2) is 0 Å². The highest BCUT2D eigenvalue weighted by Gasteiger charge is 2.27. The van der Waals surface area contributed by atoms with E-state index in [4.69, 9.17) is 41.2 Å². The Labute approximate surface area is 198 Å². The van der Waals surface area contributed by atoms with Crippen LogP contribution in [0.15, 0.2) is 0 Å². The van der Waals surface area contributed by atoms with Crippen LogP contribution in [0, 0.1) is 0 Å². The summed E-state index contributed by atoms with van der Waals surface area (Å²) in [5, 5.41) is 0. The van der Waals surface area contributed by atoms with Crippen LogP contribution in [0.3, 0.4) is 0 Å². The topological polar surface area (TPSA) is 92.3 Å². The molecule has 10 nitrogen and oxygen atoms in total. The second-order valence-electron chi connectivity index (χ2n) is 7.04. The average Bonchev–Trinajstić information content (AvgIpc) is 2.50. The molecule has 30 heavy (non-hydrogen) atoms. The van der Waals surface area contributed by atoms with Gasteiger partial charge in [-0.25, -0.2) is 0 Å². The van der Waals surface area contributed by atoms with Gasteiger partial charge >= 0.3 is 0 Å². The Morgan fingerprint density at radius 1 is 0.200 bits per heavy atom. The molecule has 1 aliphatic heterocycles. The molecule has 180 valence electrons. The number of hydrogen-bond acceptors (Lipinski definition) is 10. The summed E-state index contributed by atoms with van der Waals surface area (Å²) in [5.41, 5.74) is 0. The van der Waals surface area contributed by atoms with E-state index in [-0.39, 0.29) is 0 Å². The van der Waals surface area contributed by atoms with Gasteiger partial charge in [-0.05, 0) is 65.5 Å². The Morgan fingerprint density at radius 3 is 0.333 bits per heavy atom. The van der Waals surface area contributed by atoms with Crippen LogP contribution in [0.4, 0.5) is 0 Å². The molecule has 0 saturated carbocycles. The molecule has 0 atom stereocenters. The zero-order valence-corrected chi connectivity index (χ0v) is 31.4. The summed E-state index contributed by atoms with van der Waals surface area (Å²) < 4.78 is 60.7. The minimum atomic E-state index is -1.81. The molecule has 0 aromatic rings. The van der Waals surface area contributed by atoms with E-state index in [2.05, 4.69) is 0 Å². The molecule has 0 unspecified atom stereocenters. The lowest BCUT2D eigenvalue weighted by atomic mass is 11.9. The van der Waals surface area contributed by atoms with Gasteiger partial charge in [0.2, 0.25) is 0 Å². The van der Waals surface area contributed by atoms with Gasteiger partial charge in [-0.2, -0.15) is 0 Å². The number of hydrogen-bond donors (Lipinski definition) is 0. The monoisotopic (exact) mass is 600 g/mol. The van der Waals surface area contributed by atoms with Crippen molar-refractivity contribution in [2.24, 2.45) is 0 Å². The van der Waals surface area contributed by atoms with E-state index in [1.165, 1.54) is 0 Å². The maximum absolute atomic E-state index is 6.07. The quantitative estimate of drug-likeness (QED) is 0.312. The van der Waals surface area contributed by atoms with E-state index in [0.717, 1.165) is 0 Å². The fraction of sp³-hybridized carbons (Fsp3) is 1.00. The Hall–Kier alpha value is 1.77. The van der Waals surface area contributed by atoms with Crippen molar-refractivity contribution in [2.45, 2.75) is 65.5 Å². The third-order valence-electron chi connectivity index (χ3n) is 3.83. The van der Waals surface area contributed by atoms with E-state index in [9.17, 15) is 0 Å². The van der Waals surface area contributed by atoms with Crippen molar-refractivity contribution in [3.63, 3.8) is 0 Å². The molecular formula is C10H40O10Si10. The van der Waals surface area contributed by atoms with Crippen LogP contribution in [0.5, 0.6) is 0 Å². The predicted molar refractivity (Wildman–Crippen MR) is 141 cm³/mol. The van der Waals surface area contributed by atoms with Gasteiger partial charge < -0.3 is 41.2 Å². The minimum absolute atomic E-state index is 1.81. The predicted octanol–water partition coefficient (Wildman–Crippen LogP) is -1.33. The fourth-order valence-corrected chi connectivity index (χ4v) is 32.9. The second-order valence-corrected chi connectivity index (χ2v) is 29.3. The lowest BCUT2D eigenvalue weighted by Crippen LogP contribution is -2.44. The molecule has 20 heteroatoms. The first-order valence-corrected chi connectivity index (χ1v) is 31.5. The largest absolute Gasteiger partial charge is 0.420 e. The SMILES string of the molecule is C[SiH]1O[SiH](C)O[SiH](C)O[SiH](C)O[SiH](C)O[SiH](C)O[SiH](C)O[SiH](C)O[SiH](C)O[SiH](C)O1. The first kappa shape index (κ1) is 29.8. The lowest BCUT2D eigenvalue weighted by molar-refractivity contribution is 0.298. The van der Waals surface area contributed by atoms with Gasteiger partial charge in [-0.3, -0.25) is 0 Å². The Bertz CT molecular complexity index is 320. The molecule has 0 N–H and O–H groups in total. The van der Waals surface area contributed by atoms with Crippen molar-refractivity contribution < 1.29 is 41.2 Å². The molecule has 0 amide bonds. The van der Waals surface area contributed by atoms with Crippen LogP contribution in [0.25, 0.3) is 0 Å². The molecule has 0 aromatic carbocycles. The van der Waals surface area contributed by atoms with Gasteiger partial charge in [0, 0.05) is 0 Å². The smallest absolute Gasteiger partial charge is 0.300 e. The van der Waals surface area contributed by atoms with Crippen LogP contribution in [-0.4, -0.2) is 92.8 Å². The highest BCUT2D eigenvalue weighted by atomic mass is 28.5. The van der Waals surface area contributed by atoms with Crippen molar-refractivity contribution in [1.29, 1.82) is 0 Å². The van der Waals surface area contributed by atoms with Crippen molar-refractivity contribution >= 4 is 92.8 Å². The summed E-state index contributed by atoms with van der Waals surface area (Å²) in [6, 6.07) is 0. The Kier molecular flexibility index (Phi) is 15.5. The van der Waals surface area contributed by atoms with E-state index in [0.29, 0.717) is 0 Å². The highest BCUT2D eigenvalue weighted by molar-refractivity contribution is 6.73. The maximum atomic E-state index is 6.07. The molecule has 0 spiro atoms. The number of rotatable bonds is 0. The van der Waals surface area contributed by atoms with Crippen molar-refractivity contribution in [1.82, 2.24) is 0 Å². The van der Waals surface area contributed by atoms with E-state index in [1.54, 1.807) is 0 Å². The van der Waals surface area contributed by atoms with Crippen LogP contribution >= 0.6 is 0 Å². The van der Waals surface area contributed by atoms with E-state index < -0.39 is 92.8 Å². The molecule has 1 saturated heterocycles. The van der Waals surface area contributed by atoms with Gasteiger partial charge in [-0.1, -0.05) is 0 Å². The average molecular weight is 601 g/mol. The minimum Gasteiger partial charge on any atom is -0.420 e. The van der Waals surface area contributed by atoms with Gasteiger partial charge in [0.25, 0.3) is 92.8 Å². The summed E-state index contributed by atoms with van der Waals surface area (Å²) in [6.07, 6.45) is 0. The third kappa shape index (κ3) is 14.1. The van der Waals surface area contributed by atoms with Crippen molar-refractivity contribution in [2.75, 3.05) is 0 Å². The van der Waals surface area contributed by atoms with Crippen LogP contribution in [-0.2, 0) is 41.2 Å². The molecule has 0 aliphatic carbocycles. The molecule has 1 fully saturated rings. The zero-order chi connectivity index (χ0) is 22.8. The van der Waals surface area contributed by atoms with Crippen LogP contribution in [0.2, 0.25) is 65.5 Å².